The fraction of sp³-hybridized carbons (Fsp3) is 0.188. The number of nitrogens with zero attached hydrogens (tertiary/aromatic N) is 4. The SMILES string of the molecule is CON(C)S(=O)(=O)c1ccc(C(=O)NCc2nnc3ccccn23)cc1. The van der Waals surface area contributed by atoms with Crippen LogP contribution in [-0.2, 0) is 21.4 Å². The molecule has 0 aliphatic rings. The number of pyridine rings is 1. The molecule has 9 nitrogen and oxygen atoms in total. The molecule has 0 unspecified atom stereocenters. The van der Waals surface area contributed by atoms with Crippen LogP contribution in [0.2, 0.25) is 0 Å². The molecule has 0 atom stereocenters. The van der Waals surface area contributed by atoms with Gasteiger partial charge in [0, 0.05) is 18.8 Å². The molecule has 2 aromatic heterocycles. The van der Waals surface area contributed by atoms with Crippen LogP contribution in [0, 0.1) is 0 Å². The molecule has 10 heteroatoms. The van der Waals surface area contributed by atoms with Gasteiger partial charge in [0.05, 0.1) is 18.6 Å². The van der Waals surface area contributed by atoms with Gasteiger partial charge in [-0.3, -0.25) is 14.0 Å². The van der Waals surface area contributed by atoms with E-state index in [4.69, 9.17) is 4.84 Å². The minimum Gasteiger partial charge on any atom is -0.345 e. The second-order valence-electron chi connectivity index (χ2n) is 5.35. The van der Waals surface area contributed by atoms with E-state index in [1.165, 1.54) is 38.4 Å². The third kappa shape index (κ3) is 3.43. The molecule has 26 heavy (non-hydrogen) atoms. The van der Waals surface area contributed by atoms with E-state index in [1.54, 1.807) is 4.40 Å². The first-order valence-electron chi connectivity index (χ1n) is 7.63. The quantitative estimate of drug-likeness (QED) is 0.640. The van der Waals surface area contributed by atoms with E-state index in [1.807, 2.05) is 24.4 Å². The summed E-state index contributed by atoms with van der Waals surface area (Å²) in [5, 5.41) is 10.8. The van der Waals surface area contributed by atoms with Gasteiger partial charge in [0.1, 0.15) is 0 Å². The minimum absolute atomic E-state index is 0.0295. The van der Waals surface area contributed by atoms with Gasteiger partial charge in [-0.05, 0) is 36.4 Å². The Morgan fingerprint density at radius 1 is 1.19 bits per heavy atom. The maximum Gasteiger partial charge on any atom is 0.264 e. The Labute approximate surface area is 150 Å². The molecule has 0 saturated heterocycles. The molecule has 0 radical (unpaired) electrons. The van der Waals surface area contributed by atoms with E-state index >= 15 is 0 Å². The highest BCUT2D eigenvalue weighted by Crippen LogP contribution is 2.15. The van der Waals surface area contributed by atoms with E-state index in [0.29, 0.717) is 17.0 Å². The lowest BCUT2D eigenvalue weighted by Crippen LogP contribution is -2.26. The standard InChI is InChI=1S/C16H17N5O4S/c1-20(25-2)26(23,24)13-8-6-12(7-9-13)16(22)17-11-15-19-18-14-5-3-4-10-21(14)15/h3-10H,11H2,1-2H3,(H,17,22). The van der Waals surface area contributed by atoms with Gasteiger partial charge in [0.25, 0.3) is 15.9 Å². The van der Waals surface area contributed by atoms with Crippen LogP contribution in [-0.4, -0.2) is 47.5 Å². The molecule has 0 bridgehead atoms. The summed E-state index contributed by atoms with van der Waals surface area (Å²) in [7, 11) is -1.20. The van der Waals surface area contributed by atoms with Crippen molar-refractivity contribution in [2.75, 3.05) is 14.2 Å². The number of hydroxylamine groups is 1. The number of hydrogen-bond donors (Lipinski definition) is 1. The Balaban J connectivity index is 1.71. The van der Waals surface area contributed by atoms with Crippen molar-refractivity contribution in [2.45, 2.75) is 11.4 Å². The van der Waals surface area contributed by atoms with E-state index in [-0.39, 0.29) is 17.3 Å². The second kappa shape index (κ2) is 7.20. The zero-order valence-corrected chi connectivity index (χ0v) is 15.0. The second-order valence-corrected chi connectivity index (χ2v) is 7.29. The van der Waals surface area contributed by atoms with Crippen molar-refractivity contribution >= 4 is 21.6 Å². The topological polar surface area (TPSA) is 106 Å². The summed E-state index contributed by atoms with van der Waals surface area (Å²) in [6.07, 6.45) is 1.81. The van der Waals surface area contributed by atoms with Crippen LogP contribution in [0.15, 0.2) is 53.6 Å². The van der Waals surface area contributed by atoms with Gasteiger partial charge in [-0.2, -0.15) is 0 Å². The summed E-state index contributed by atoms with van der Waals surface area (Å²) >= 11 is 0. The molecule has 0 fully saturated rings. The molecule has 0 aliphatic heterocycles. The highest BCUT2D eigenvalue weighted by Gasteiger charge is 2.21. The molecule has 3 aromatic rings. The number of nitrogens with one attached hydrogen (secondary N) is 1. The number of aromatic nitrogens is 3. The predicted octanol–water partition coefficient (Wildman–Crippen LogP) is 0.841. The fourth-order valence-electron chi connectivity index (χ4n) is 2.30. The first-order chi connectivity index (χ1) is 12.4. The molecular formula is C16H17N5O4S. The zero-order valence-electron chi connectivity index (χ0n) is 14.2. The molecule has 1 N–H and O–H groups in total. The van der Waals surface area contributed by atoms with Crippen molar-refractivity contribution in [3.05, 3.63) is 60.0 Å². The van der Waals surface area contributed by atoms with Crippen LogP contribution in [0.5, 0.6) is 0 Å². The first-order valence-corrected chi connectivity index (χ1v) is 9.07. The molecule has 136 valence electrons. The van der Waals surface area contributed by atoms with E-state index < -0.39 is 10.0 Å². The minimum atomic E-state index is -3.75. The highest BCUT2D eigenvalue weighted by molar-refractivity contribution is 7.89. The maximum atomic E-state index is 12.3. The largest absolute Gasteiger partial charge is 0.345 e. The number of carbonyl (C=O) groups is 1. The lowest BCUT2D eigenvalue weighted by molar-refractivity contribution is -0.0258. The number of fused-ring (bicyclic) bond motifs is 1. The van der Waals surface area contributed by atoms with Crippen molar-refractivity contribution < 1.29 is 18.0 Å². The van der Waals surface area contributed by atoms with Crippen molar-refractivity contribution in [3.8, 4) is 0 Å². The summed E-state index contributed by atoms with van der Waals surface area (Å²) < 4.78 is 26.8. The molecule has 3 rings (SSSR count). The average molecular weight is 375 g/mol. The Morgan fingerprint density at radius 3 is 2.62 bits per heavy atom. The molecule has 0 aliphatic carbocycles. The Hall–Kier alpha value is -2.82. The van der Waals surface area contributed by atoms with Crippen molar-refractivity contribution in [1.29, 1.82) is 0 Å². The highest BCUT2D eigenvalue weighted by atomic mass is 32.2. The molecule has 2 heterocycles. The molecule has 1 amide bonds. The molecule has 0 saturated carbocycles. The number of carbonyl (C=O) groups excluding carboxylic acids is 1. The number of benzene rings is 1. The van der Waals surface area contributed by atoms with Crippen LogP contribution in [0.25, 0.3) is 5.65 Å². The number of rotatable bonds is 6. The van der Waals surface area contributed by atoms with Crippen LogP contribution < -0.4 is 5.32 Å². The van der Waals surface area contributed by atoms with Crippen LogP contribution >= 0.6 is 0 Å². The smallest absolute Gasteiger partial charge is 0.264 e. The lowest BCUT2D eigenvalue weighted by atomic mass is 10.2. The predicted molar refractivity (Wildman–Crippen MR) is 92.6 cm³/mol. The van der Waals surface area contributed by atoms with E-state index in [9.17, 15) is 13.2 Å². The van der Waals surface area contributed by atoms with Crippen LogP contribution in [0.3, 0.4) is 0 Å². The Kier molecular flexibility index (Phi) is 4.98. The van der Waals surface area contributed by atoms with Crippen molar-refractivity contribution in [2.24, 2.45) is 0 Å². The van der Waals surface area contributed by atoms with Gasteiger partial charge in [-0.25, -0.2) is 8.42 Å². The summed E-state index contributed by atoms with van der Waals surface area (Å²) in [6.45, 7) is 0.191. The van der Waals surface area contributed by atoms with E-state index in [2.05, 4.69) is 15.5 Å². The van der Waals surface area contributed by atoms with Gasteiger partial charge in [0.2, 0.25) is 0 Å². The van der Waals surface area contributed by atoms with Crippen LogP contribution in [0.1, 0.15) is 16.2 Å². The lowest BCUT2D eigenvalue weighted by Gasteiger charge is -2.14. The number of sulfonamides is 1. The van der Waals surface area contributed by atoms with Gasteiger partial charge < -0.3 is 5.32 Å². The van der Waals surface area contributed by atoms with E-state index in [0.717, 1.165) is 4.47 Å². The fourth-order valence-corrected chi connectivity index (χ4v) is 3.27. The van der Waals surface area contributed by atoms with Gasteiger partial charge in [-0.15, -0.1) is 10.2 Å². The number of hydrogen-bond acceptors (Lipinski definition) is 6. The average Bonchev–Trinajstić information content (AvgIpc) is 3.08. The van der Waals surface area contributed by atoms with Gasteiger partial charge in [0.15, 0.2) is 11.5 Å². The summed E-state index contributed by atoms with van der Waals surface area (Å²) in [6, 6.07) is 11.1. The Bertz CT molecular complexity index is 1030. The maximum absolute atomic E-state index is 12.3. The number of amides is 1. The molecule has 1 aromatic carbocycles. The normalized spacial score (nSPS) is 11.8. The van der Waals surface area contributed by atoms with Crippen LogP contribution in [0.4, 0.5) is 0 Å². The monoisotopic (exact) mass is 375 g/mol. The first kappa shape index (κ1) is 18.0. The molecular weight excluding hydrogens is 358 g/mol. The van der Waals surface area contributed by atoms with Gasteiger partial charge in [-0.1, -0.05) is 10.5 Å². The zero-order chi connectivity index (χ0) is 18.7. The summed E-state index contributed by atoms with van der Waals surface area (Å²) in [5.74, 6) is 0.247. The summed E-state index contributed by atoms with van der Waals surface area (Å²) in [4.78, 5) is 17.0. The van der Waals surface area contributed by atoms with Crippen molar-refractivity contribution in [1.82, 2.24) is 24.4 Å². The summed E-state index contributed by atoms with van der Waals surface area (Å²) in [5.41, 5.74) is 1.02. The van der Waals surface area contributed by atoms with Gasteiger partial charge >= 0.3 is 0 Å². The van der Waals surface area contributed by atoms with Crippen molar-refractivity contribution in [3.63, 3.8) is 0 Å². The third-order valence-corrected chi connectivity index (χ3v) is 5.50. The molecule has 0 spiro atoms. The Morgan fingerprint density at radius 2 is 1.92 bits per heavy atom. The third-order valence-electron chi connectivity index (χ3n) is 3.80.